The van der Waals surface area contributed by atoms with Crippen molar-refractivity contribution in [2.75, 3.05) is 6.54 Å². The molecular formula is C14H19F2NO2S. The van der Waals surface area contributed by atoms with Gasteiger partial charge < -0.3 is 10.4 Å². The van der Waals surface area contributed by atoms with Gasteiger partial charge in [-0.3, -0.25) is 4.79 Å². The van der Waals surface area contributed by atoms with Gasteiger partial charge in [-0.1, -0.05) is 23.9 Å². The molecule has 0 atom stereocenters. The van der Waals surface area contributed by atoms with E-state index in [1.807, 2.05) is 0 Å². The number of carboxylic acid groups (broad SMARTS) is 1. The van der Waals surface area contributed by atoms with E-state index >= 15 is 0 Å². The van der Waals surface area contributed by atoms with Gasteiger partial charge in [0.1, 0.15) is 0 Å². The highest BCUT2D eigenvalue weighted by Crippen LogP contribution is 2.25. The summed E-state index contributed by atoms with van der Waals surface area (Å²) in [5.74, 6) is -3.22. The van der Waals surface area contributed by atoms with Crippen LogP contribution in [0.25, 0.3) is 0 Å². The Morgan fingerprint density at radius 3 is 2.45 bits per heavy atom. The van der Waals surface area contributed by atoms with E-state index in [9.17, 15) is 13.6 Å². The molecule has 1 aromatic carbocycles. The van der Waals surface area contributed by atoms with Crippen LogP contribution < -0.4 is 5.32 Å². The van der Waals surface area contributed by atoms with Crippen LogP contribution in [-0.4, -0.2) is 23.4 Å². The third-order valence-corrected chi connectivity index (χ3v) is 3.71. The van der Waals surface area contributed by atoms with E-state index in [0.29, 0.717) is 36.2 Å². The topological polar surface area (TPSA) is 49.3 Å². The summed E-state index contributed by atoms with van der Waals surface area (Å²) >= 11 is 0.523. The summed E-state index contributed by atoms with van der Waals surface area (Å²) in [5, 5.41) is 12.1. The molecule has 0 spiro atoms. The zero-order valence-corrected chi connectivity index (χ0v) is 12.3. The Labute approximate surface area is 121 Å². The molecule has 20 heavy (non-hydrogen) atoms. The normalized spacial score (nSPS) is 11.8. The van der Waals surface area contributed by atoms with Crippen LogP contribution in [0, 0.1) is 5.41 Å². The number of aliphatic carboxylic acids is 1. The lowest BCUT2D eigenvalue weighted by Gasteiger charge is -2.18. The minimum Gasteiger partial charge on any atom is -0.481 e. The summed E-state index contributed by atoms with van der Waals surface area (Å²) in [7, 11) is 0. The van der Waals surface area contributed by atoms with Gasteiger partial charge in [0.15, 0.2) is 0 Å². The van der Waals surface area contributed by atoms with Crippen molar-refractivity contribution in [3.8, 4) is 0 Å². The molecule has 112 valence electrons. The highest BCUT2D eigenvalue weighted by Gasteiger charge is 2.25. The molecule has 0 amide bonds. The molecule has 0 aliphatic heterocycles. The van der Waals surface area contributed by atoms with Gasteiger partial charge >= 0.3 is 5.97 Å². The van der Waals surface area contributed by atoms with Gasteiger partial charge in [0.25, 0.3) is 5.76 Å². The highest BCUT2D eigenvalue weighted by atomic mass is 32.2. The Morgan fingerprint density at radius 1 is 1.35 bits per heavy atom. The molecule has 0 aliphatic rings. The van der Waals surface area contributed by atoms with Crippen molar-refractivity contribution in [2.45, 2.75) is 37.5 Å². The van der Waals surface area contributed by atoms with E-state index in [-0.39, 0.29) is 0 Å². The first-order chi connectivity index (χ1) is 9.31. The van der Waals surface area contributed by atoms with Crippen molar-refractivity contribution in [3.05, 3.63) is 29.8 Å². The number of carboxylic acids is 1. The predicted molar refractivity (Wildman–Crippen MR) is 76.0 cm³/mol. The van der Waals surface area contributed by atoms with Crippen LogP contribution in [0.3, 0.4) is 0 Å². The number of thioether (sulfide) groups is 1. The second-order valence-electron chi connectivity index (χ2n) is 5.14. The van der Waals surface area contributed by atoms with E-state index in [1.54, 1.807) is 38.1 Å². The fraction of sp³-hybridized carbons (Fsp3) is 0.500. The quantitative estimate of drug-likeness (QED) is 0.569. The Morgan fingerprint density at radius 2 is 1.95 bits per heavy atom. The number of hydrogen-bond donors (Lipinski definition) is 2. The van der Waals surface area contributed by atoms with Crippen LogP contribution in [0.4, 0.5) is 8.78 Å². The molecule has 0 fully saturated rings. The van der Waals surface area contributed by atoms with Crippen LogP contribution in [0.5, 0.6) is 0 Å². The Kier molecular flexibility index (Phi) is 6.42. The maximum absolute atomic E-state index is 12.1. The van der Waals surface area contributed by atoms with Gasteiger partial charge in [0.05, 0.1) is 5.41 Å². The number of rotatable bonds is 8. The molecular weight excluding hydrogens is 284 g/mol. The van der Waals surface area contributed by atoms with Crippen molar-refractivity contribution in [3.63, 3.8) is 0 Å². The number of nitrogens with one attached hydrogen (secondary N) is 1. The Bertz CT molecular complexity index is 435. The van der Waals surface area contributed by atoms with Crippen LogP contribution in [0.1, 0.15) is 25.8 Å². The van der Waals surface area contributed by atoms with E-state index in [2.05, 4.69) is 5.32 Å². The Balaban J connectivity index is 2.34. The van der Waals surface area contributed by atoms with E-state index in [4.69, 9.17) is 5.11 Å². The summed E-state index contributed by atoms with van der Waals surface area (Å²) in [6, 6.07) is 6.91. The highest BCUT2D eigenvalue weighted by molar-refractivity contribution is 7.99. The average Bonchev–Trinajstić information content (AvgIpc) is 2.35. The van der Waals surface area contributed by atoms with E-state index < -0.39 is 17.1 Å². The van der Waals surface area contributed by atoms with E-state index in [1.165, 1.54) is 0 Å². The lowest BCUT2D eigenvalue weighted by Crippen LogP contribution is -2.28. The number of hydrogen-bond acceptors (Lipinski definition) is 3. The molecule has 0 aliphatic carbocycles. The summed E-state index contributed by atoms with van der Waals surface area (Å²) in [4.78, 5) is 11.5. The molecule has 1 rings (SSSR count). The largest absolute Gasteiger partial charge is 0.481 e. The van der Waals surface area contributed by atoms with Crippen LogP contribution >= 0.6 is 11.8 Å². The molecule has 6 heteroatoms. The van der Waals surface area contributed by atoms with Crippen molar-refractivity contribution < 1.29 is 18.7 Å². The van der Waals surface area contributed by atoms with Crippen molar-refractivity contribution in [1.29, 1.82) is 0 Å². The van der Waals surface area contributed by atoms with Gasteiger partial charge in [-0.15, -0.1) is 0 Å². The van der Waals surface area contributed by atoms with Crippen molar-refractivity contribution >= 4 is 17.7 Å². The van der Waals surface area contributed by atoms with E-state index in [0.717, 1.165) is 5.56 Å². The molecule has 3 nitrogen and oxygen atoms in total. The average molecular weight is 303 g/mol. The summed E-state index contributed by atoms with van der Waals surface area (Å²) in [5.41, 5.74) is 0.238. The first-order valence-corrected chi connectivity index (χ1v) is 7.17. The first-order valence-electron chi connectivity index (χ1n) is 6.29. The van der Waals surface area contributed by atoms with Gasteiger partial charge in [-0.2, -0.15) is 8.78 Å². The molecule has 0 saturated heterocycles. The van der Waals surface area contributed by atoms with Crippen LogP contribution in [0.15, 0.2) is 29.2 Å². The second kappa shape index (κ2) is 7.59. The SMILES string of the molecule is CC(C)(CCNCc1ccc(SC(F)F)cc1)C(=O)O. The lowest BCUT2D eigenvalue weighted by molar-refractivity contribution is -0.147. The number of carbonyl (C=O) groups is 1. The van der Waals surface area contributed by atoms with Gasteiger partial charge in [0, 0.05) is 11.4 Å². The smallest absolute Gasteiger partial charge is 0.309 e. The zero-order chi connectivity index (χ0) is 15.2. The maximum atomic E-state index is 12.1. The summed E-state index contributed by atoms with van der Waals surface area (Å²) in [6.07, 6.45) is 0.529. The van der Waals surface area contributed by atoms with Crippen LogP contribution in [-0.2, 0) is 11.3 Å². The minimum absolute atomic E-state index is 0.523. The third-order valence-electron chi connectivity index (χ3n) is 2.98. The van der Waals surface area contributed by atoms with Gasteiger partial charge in [0.2, 0.25) is 0 Å². The second-order valence-corrected chi connectivity index (χ2v) is 6.20. The number of alkyl halides is 2. The molecule has 0 radical (unpaired) electrons. The summed E-state index contributed by atoms with van der Waals surface area (Å²) in [6.45, 7) is 4.56. The molecule has 2 N–H and O–H groups in total. The third kappa shape index (κ3) is 5.88. The number of benzene rings is 1. The fourth-order valence-electron chi connectivity index (χ4n) is 1.53. The standard InChI is InChI=1S/C14H19F2NO2S/c1-14(2,12(18)19)7-8-17-9-10-3-5-11(6-4-10)20-13(15)16/h3-6,13,17H,7-9H2,1-2H3,(H,18,19). The minimum atomic E-state index is -2.41. The monoisotopic (exact) mass is 303 g/mol. The Hall–Kier alpha value is -1.14. The van der Waals surface area contributed by atoms with Gasteiger partial charge in [-0.05, 0) is 44.5 Å². The number of halogens is 2. The predicted octanol–water partition coefficient (Wildman–Crippen LogP) is 3.59. The molecule has 0 saturated carbocycles. The molecule has 0 unspecified atom stereocenters. The van der Waals surface area contributed by atoms with Crippen molar-refractivity contribution in [1.82, 2.24) is 5.32 Å². The van der Waals surface area contributed by atoms with Crippen molar-refractivity contribution in [2.24, 2.45) is 5.41 Å². The van der Waals surface area contributed by atoms with Crippen LogP contribution in [0.2, 0.25) is 0 Å². The first kappa shape index (κ1) is 16.9. The molecule has 0 heterocycles. The lowest BCUT2D eigenvalue weighted by atomic mass is 9.90. The van der Waals surface area contributed by atoms with Gasteiger partial charge in [-0.25, -0.2) is 0 Å². The maximum Gasteiger partial charge on any atom is 0.309 e. The molecule has 0 bridgehead atoms. The summed E-state index contributed by atoms with van der Waals surface area (Å²) < 4.78 is 24.3. The zero-order valence-electron chi connectivity index (χ0n) is 11.5. The molecule has 0 aromatic heterocycles. The fourth-order valence-corrected chi connectivity index (χ4v) is 2.03. The molecule has 1 aromatic rings.